The minimum Gasteiger partial charge on any atom is -0.352 e. The fourth-order valence-electron chi connectivity index (χ4n) is 5.88. The predicted molar refractivity (Wildman–Crippen MR) is 183 cm³/mol. The SMILES string of the molecule is Cc1ccc(CN(C(=O)CN(c2ccc(F)c(Cl)c2)S(=O)(=O)c2ccccc2)C(Cc2ccccc2)C(=O)NC2CCCCC2)cc1. The first-order chi connectivity index (χ1) is 22.6. The Balaban J connectivity index is 1.56. The largest absolute Gasteiger partial charge is 0.352 e. The summed E-state index contributed by atoms with van der Waals surface area (Å²) in [4.78, 5) is 30.2. The molecular formula is C37H39ClFN3O4S. The summed E-state index contributed by atoms with van der Waals surface area (Å²) in [5.41, 5.74) is 2.71. The summed E-state index contributed by atoms with van der Waals surface area (Å²) >= 11 is 6.10. The molecule has 0 saturated heterocycles. The Labute approximate surface area is 281 Å². The first kappa shape index (κ1) is 34.1. The van der Waals surface area contributed by atoms with E-state index in [4.69, 9.17) is 11.6 Å². The van der Waals surface area contributed by atoms with E-state index >= 15 is 0 Å². The van der Waals surface area contributed by atoms with Crippen molar-refractivity contribution < 1.29 is 22.4 Å². The Morgan fingerprint density at radius 1 is 0.872 bits per heavy atom. The van der Waals surface area contributed by atoms with Crippen molar-refractivity contribution in [3.63, 3.8) is 0 Å². The summed E-state index contributed by atoms with van der Waals surface area (Å²) in [5, 5.41) is 2.92. The molecule has 0 bridgehead atoms. The van der Waals surface area contributed by atoms with Gasteiger partial charge in [-0.15, -0.1) is 0 Å². The lowest BCUT2D eigenvalue weighted by Crippen LogP contribution is -2.55. The summed E-state index contributed by atoms with van der Waals surface area (Å²) in [6, 6.07) is 27.4. The van der Waals surface area contributed by atoms with Gasteiger partial charge in [0.25, 0.3) is 10.0 Å². The molecule has 0 aromatic heterocycles. The molecule has 1 saturated carbocycles. The lowest BCUT2D eigenvalue weighted by atomic mass is 9.94. The lowest BCUT2D eigenvalue weighted by molar-refractivity contribution is -0.140. The second-order valence-corrected chi connectivity index (χ2v) is 14.2. The number of hydrogen-bond acceptors (Lipinski definition) is 4. The number of amides is 2. The summed E-state index contributed by atoms with van der Waals surface area (Å²) in [6.45, 7) is 1.38. The highest BCUT2D eigenvalue weighted by molar-refractivity contribution is 7.92. The third kappa shape index (κ3) is 8.78. The summed E-state index contributed by atoms with van der Waals surface area (Å²) in [6.07, 6.45) is 5.12. The van der Waals surface area contributed by atoms with Gasteiger partial charge in [0.05, 0.1) is 15.6 Å². The maximum absolute atomic E-state index is 14.6. The van der Waals surface area contributed by atoms with Gasteiger partial charge < -0.3 is 10.2 Å². The highest BCUT2D eigenvalue weighted by Gasteiger charge is 2.35. The Morgan fingerprint density at radius 2 is 1.51 bits per heavy atom. The van der Waals surface area contributed by atoms with Crippen LogP contribution >= 0.6 is 11.6 Å². The molecule has 10 heteroatoms. The normalized spacial score (nSPS) is 14.3. The van der Waals surface area contributed by atoms with E-state index in [1.54, 1.807) is 18.2 Å². The number of nitrogens with one attached hydrogen (secondary N) is 1. The Kier molecular flexibility index (Phi) is 11.3. The van der Waals surface area contributed by atoms with E-state index in [9.17, 15) is 22.4 Å². The van der Waals surface area contributed by atoms with E-state index in [0.29, 0.717) is 0 Å². The van der Waals surface area contributed by atoms with Gasteiger partial charge in [0.1, 0.15) is 18.4 Å². The van der Waals surface area contributed by atoms with Crippen LogP contribution in [0.2, 0.25) is 5.02 Å². The van der Waals surface area contributed by atoms with E-state index < -0.39 is 34.3 Å². The number of hydrogen-bond donors (Lipinski definition) is 1. The van der Waals surface area contributed by atoms with Crippen molar-refractivity contribution in [3.05, 3.63) is 131 Å². The molecule has 0 spiro atoms. The molecule has 4 aromatic rings. The number of nitrogens with zero attached hydrogens (tertiary/aromatic N) is 2. The molecule has 47 heavy (non-hydrogen) atoms. The molecular weight excluding hydrogens is 637 g/mol. The van der Waals surface area contributed by atoms with E-state index in [1.165, 1.54) is 29.2 Å². The molecule has 7 nitrogen and oxygen atoms in total. The molecule has 4 aromatic carbocycles. The number of benzene rings is 4. The van der Waals surface area contributed by atoms with Gasteiger partial charge in [-0.2, -0.15) is 0 Å². The van der Waals surface area contributed by atoms with Crippen LogP contribution in [0.3, 0.4) is 0 Å². The molecule has 1 aliphatic carbocycles. The van der Waals surface area contributed by atoms with Crippen molar-refractivity contribution in [2.45, 2.75) is 69.0 Å². The molecule has 1 atom stereocenters. The van der Waals surface area contributed by atoms with Crippen LogP contribution in [0.5, 0.6) is 0 Å². The minimum absolute atomic E-state index is 0.00200. The highest BCUT2D eigenvalue weighted by atomic mass is 35.5. The number of sulfonamides is 1. The Bertz CT molecular complexity index is 1770. The average molecular weight is 676 g/mol. The van der Waals surface area contributed by atoms with Crippen LogP contribution in [0, 0.1) is 12.7 Å². The van der Waals surface area contributed by atoms with Gasteiger partial charge in [-0.1, -0.05) is 109 Å². The summed E-state index contributed by atoms with van der Waals surface area (Å²) in [5.74, 6) is -1.60. The molecule has 0 heterocycles. The Hall–Kier alpha value is -4.21. The van der Waals surface area contributed by atoms with Crippen molar-refractivity contribution in [3.8, 4) is 0 Å². The molecule has 1 unspecified atom stereocenters. The minimum atomic E-state index is -4.31. The van der Waals surface area contributed by atoms with Gasteiger partial charge in [-0.25, -0.2) is 12.8 Å². The van der Waals surface area contributed by atoms with Crippen LogP contribution in [0.15, 0.2) is 108 Å². The average Bonchev–Trinajstić information content (AvgIpc) is 3.08. The third-order valence-electron chi connectivity index (χ3n) is 8.50. The summed E-state index contributed by atoms with van der Waals surface area (Å²) < 4.78 is 43.3. The fourth-order valence-corrected chi connectivity index (χ4v) is 7.48. The van der Waals surface area contributed by atoms with Crippen molar-refractivity contribution in [1.82, 2.24) is 10.2 Å². The smallest absolute Gasteiger partial charge is 0.264 e. The fraction of sp³-hybridized carbons (Fsp3) is 0.297. The van der Waals surface area contributed by atoms with Gasteiger partial charge in [0.15, 0.2) is 0 Å². The van der Waals surface area contributed by atoms with Crippen LogP contribution < -0.4 is 9.62 Å². The molecule has 1 N–H and O–H groups in total. The quantitative estimate of drug-likeness (QED) is 0.174. The maximum Gasteiger partial charge on any atom is 0.264 e. The van der Waals surface area contributed by atoms with Crippen molar-refractivity contribution in [2.75, 3.05) is 10.8 Å². The second-order valence-electron chi connectivity index (χ2n) is 12.0. The van der Waals surface area contributed by atoms with E-state index in [0.717, 1.165) is 59.2 Å². The zero-order chi connectivity index (χ0) is 33.4. The molecule has 5 rings (SSSR count). The first-order valence-corrected chi connectivity index (χ1v) is 17.7. The van der Waals surface area contributed by atoms with Crippen molar-refractivity contribution >= 4 is 39.1 Å². The van der Waals surface area contributed by atoms with E-state index in [-0.39, 0.29) is 40.5 Å². The van der Waals surface area contributed by atoms with Gasteiger partial charge in [-0.3, -0.25) is 13.9 Å². The van der Waals surface area contributed by atoms with Crippen LogP contribution in [0.4, 0.5) is 10.1 Å². The van der Waals surface area contributed by atoms with Gasteiger partial charge in [0, 0.05) is 19.0 Å². The number of carbonyl (C=O) groups excluding carboxylic acids is 2. The standard InChI is InChI=1S/C37H39ClFN3O4S/c1-27-17-19-29(20-18-27)25-41(35(23-28-11-5-2-6-12-28)37(44)40-30-13-7-3-8-14-30)36(43)26-42(31-21-22-34(39)33(38)24-31)47(45,46)32-15-9-4-10-16-32/h2,4-6,9-12,15-22,24,30,35H,3,7-8,13-14,23,25-26H2,1H3,(H,40,44). The number of aryl methyl sites for hydroxylation is 1. The lowest BCUT2D eigenvalue weighted by Gasteiger charge is -2.35. The topological polar surface area (TPSA) is 86.8 Å². The predicted octanol–water partition coefficient (Wildman–Crippen LogP) is 7.07. The van der Waals surface area contributed by atoms with Crippen molar-refractivity contribution in [2.24, 2.45) is 0 Å². The number of carbonyl (C=O) groups is 2. The van der Waals surface area contributed by atoms with Crippen LogP contribution in [-0.4, -0.2) is 43.8 Å². The molecule has 246 valence electrons. The van der Waals surface area contributed by atoms with Gasteiger partial charge in [-0.05, 0) is 61.2 Å². The number of halogens is 2. The molecule has 1 aliphatic rings. The number of anilines is 1. The van der Waals surface area contributed by atoms with E-state index in [2.05, 4.69) is 5.32 Å². The molecule has 0 radical (unpaired) electrons. The highest BCUT2D eigenvalue weighted by Crippen LogP contribution is 2.29. The first-order valence-electron chi connectivity index (χ1n) is 15.8. The zero-order valence-electron chi connectivity index (χ0n) is 26.3. The van der Waals surface area contributed by atoms with Crippen LogP contribution in [0.25, 0.3) is 0 Å². The maximum atomic E-state index is 14.6. The molecule has 0 aliphatic heterocycles. The molecule has 1 fully saturated rings. The molecule has 2 amide bonds. The van der Waals surface area contributed by atoms with Crippen LogP contribution in [0.1, 0.15) is 48.8 Å². The second kappa shape index (κ2) is 15.6. The van der Waals surface area contributed by atoms with Crippen LogP contribution in [-0.2, 0) is 32.6 Å². The van der Waals surface area contributed by atoms with E-state index in [1.807, 2.05) is 61.5 Å². The summed E-state index contributed by atoms with van der Waals surface area (Å²) in [7, 11) is -4.31. The monoisotopic (exact) mass is 675 g/mol. The third-order valence-corrected chi connectivity index (χ3v) is 10.6. The van der Waals surface area contributed by atoms with Gasteiger partial charge in [0.2, 0.25) is 11.8 Å². The number of rotatable bonds is 12. The van der Waals surface area contributed by atoms with Crippen molar-refractivity contribution in [1.29, 1.82) is 0 Å². The Morgan fingerprint density at radius 3 is 2.15 bits per heavy atom. The zero-order valence-corrected chi connectivity index (χ0v) is 27.9. The van der Waals surface area contributed by atoms with Gasteiger partial charge >= 0.3 is 0 Å².